The molecular formula is C16H24F2N2. The van der Waals surface area contributed by atoms with E-state index in [9.17, 15) is 8.78 Å². The van der Waals surface area contributed by atoms with Crippen LogP contribution in [0.5, 0.6) is 0 Å². The van der Waals surface area contributed by atoms with E-state index in [4.69, 9.17) is 5.73 Å². The van der Waals surface area contributed by atoms with Crippen molar-refractivity contribution >= 4 is 0 Å². The Balaban J connectivity index is 2.22. The smallest absolute Gasteiger partial charge is 0.130 e. The second-order valence-corrected chi connectivity index (χ2v) is 6.20. The highest BCUT2D eigenvalue weighted by molar-refractivity contribution is 5.25. The predicted molar refractivity (Wildman–Crippen MR) is 77.4 cm³/mol. The highest BCUT2D eigenvalue weighted by atomic mass is 19.1. The van der Waals surface area contributed by atoms with E-state index in [0.717, 1.165) is 32.0 Å². The molecule has 2 N–H and O–H groups in total. The van der Waals surface area contributed by atoms with Crippen LogP contribution in [-0.4, -0.2) is 23.5 Å². The topological polar surface area (TPSA) is 29.3 Å². The van der Waals surface area contributed by atoms with Crippen molar-refractivity contribution in [3.05, 3.63) is 35.4 Å². The third-order valence-electron chi connectivity index (χ3n) is 4.48. The predicted octanol–water partition coefficient (Wildman–Crippen LogP) is 3.62. The van der Waals surface area contributed by atoms with Crippen LogP contribution in [0, 0.1) is 11.6 Å². The fourth-order valence-electron chi connectivity index (χ4n) is 2.98. The summed E-state index contributed by atoms with van der Waals surface area (Å²) in [7, 11) is 0. The summed E-state index contributed by atoms with van der Waals surface area (Å²) in [6.07, 6.45) is 4.80. The lowest BCUT2D eigenvalue weighted by atomic mass is 9.87. The van der Waals surface area contributed by atoms with E-state index in [0.29, 0.717) is 5.56 Å². The molecule has 1 aliphatic heterocycles. The monoisotopic (exact) mass is 282 g/mol. The second kappa shape index (κ2) is 6.19. The van der Waals surface area contributed by atoms with Crippen molar-refractivity contribution in [1.82, 2.24) is 4.90 Å². The Morgan fingerprint density at radius 1 is 1.10 bits per heavy atom. The fourth-order valence-corrected chi connectivity index (χ4v) is 2.98. The third-order valence-corrected chi connectivity index (χ3v) is 4.48. The van der Waals surface area contributed by atoms with Crippen LogP contribution in [0.15, 0.2) is 18.2 Å². The van der Waals surface area contributed by atoms with Gasteiger partial charge in [-0.3, -0.25) is 4.90 Å². The van der Waals surface area contributed by atoms with E-state index in [-0.39, 0.29) is 5.54 Å². The number of hydrogen-bond donors (Lipinski definition) is 1. The SMILES string of the molecule is CC(C)(C(N)c1ccc(F)cc1F)N1CCCCCC1. The van der Waals surface area contributed by atoms with Gasteiger partial charge in [0.1, 0.15) is 11.6 Å². The maximum atomic E-state index is 13.9. The number of hydrogen-bond acceptors (Lipinski definition) is 2. The van der Waals surface area contributed by atoms with Gasteiger partial charge in [-0.15, -0.1) is 0 Å². The molecule has 0 bridgehead atoms. The van der Waals surface area contributed by atoms with Gasteiger partial charge in [0.2, 0.25) is 0 Å². The molecule has 1 saturated heterocycles. The molecule has 2 nitrogen and oxygen atoms in total. The van der Waals surface area contributed by atoms with Crippen molar-refractivity contribution in [1.29, 1.82) is 0 Å². The number of halogens is 2. The van der Waals surface area contributed by atoms with Crippen LogP contribution in [0.25, 0.3) is 0 Å². The Labute approximate surface area is 120 Å². The zero-order valence-electron chi connectivity index (χ0n) is 12.3. The molecule has 4 heteroatoms. The first kappa shape index (κ1) is 15.4. The molecule has 1 aliphatic rings. The molecule has 0 aromatic heterocycles. The zero-order chi connectivity index (χ0) is 14.8. The average Bonchev–Trinajstić information content (AvgIpc) is 2.67. The standard InChI is InChI=1S/C16H24F2N2/c1-16(2,20-9-5-3-4-6-10-20)15(19)13-8-7-12(17)11-14(13)18/h7-8,11,15H,3-6,9-10,19H2,1-2H3. The van der Waals surface area contributed by atoms with Crippen LogP contribution in [0.2, 0.25) is 0 Å². The minimum Gasteiger partial charge on any atom is -0.322 e. The second-order valence-electron chi connectivity index (χ2n) is 6.20. The number of rotatable bonds is 3. The van der Waals surface area contributed by atoms with E-state index in [1.807, 2.05) is 13.8 Å². The maximum absolute atomic E-state index is 13.9. The quantitative estimate of drug-likeness (QED) is 0.917. The van der Waals surface area contributed by atoms with Gasteiger partial charge in [-0.25, -0.2) is 8.78 Å². The lowest BCUT2D eigenvalue weighted by Crippen LogP contribution is -2.51. The van der Waals surface area contributed by atoms with Gasteiger partial charge in [-0.2, -0.15) is 0 Å². The van der Waals surface area contributed by atoms with Gasteiger partial charge in [-0.1, -0.05) is 18.9 Å². The minimum absolute atomic E-state index is 0.344. The van der Waals surface area contributed by atoms with E-state index in [2.05, 4.69) is 4.90 Å². The van der Waals surface area contributed by atoms with Gasteiger partial charge in [0.15, 0.2) is 0 Å². The van der Waals surface area contributed by atoms with Crippen molar-refractivity contribution in [2.24, 2.45) is 5.73 Å². The number of nitrogens with two attached hydrogens (primary N) is 1. The van der Waals surface area contributed by atoms with E-state index in [1.54, 1.807) is 0 Å². The molecule has 0 saturated carbocycles. The molecule has 0 spiro atoms. The Morgan fingerprint density at radius 2 is 1.70 bits per heavy atom. The lowest BCUT2D eigenvalue weighted by Gasteiger charge is -2.42. The van der Waals surface area contributed by atoms with E-state index < -0.39 is 17.7 Å². The Bertz CT molecular complexity index is 452. The van der Waals surface area contributed by atoms with Crippen LogP contribution in [0.3, 0.4) is 0 Å². The summed E-state index contributed by atoms with van der Waals surface area (Å²) in [5, 5.41) is 0. The van der Waals surface area contributed by atoms with Crippen LogP contribution in [0.4, 0.5) is 8.78 Å². The van der Waals surface area contributed by atoms with Gasteiger partial charge in [0.05, 0.1) is 6.04 Å². The van der Waals surface area contributed by atoms with Gasteiger partial charge in [0.25, 0.3) is 0 Å². The van der Waals surface area contributed by atoms with Gasteiger partial charge >= 0.3 is 0 Å². The summed E-state index contributed by atoms with van der Waals surface area (Å²) in [4.78, 5) is 2.34. The van der Waals surface area contributed by atoms with E-state index in [1.165, 1.54) is 25.0 Å². The molecule has 112 valence electrons. The maximum Gasteiger partial charge on any atom is 0.130 e. The largest absolute Gasteiger partial charge is 0.322 e. The van der Waals surface area contributed by atoms with Crippen molar-refractivity contribution in [2.45, 2.75) is 51.1 Å². The summed E-state index contributed by atoms with van der Waals surface area (Å²) in [6.45, 7) is 6.07. The molecule has 0 aliphatic carbocycles. The minimum atomic E-state index is -0.564. The number of nitrogens with zero attached hydrogens (tertiary/aromatic N) is 1. The molecule has 1 unspecified atom stereocenters. The molecule has 1 fully saturated rings. The Kier molecular flexibility index (Phi) is 4.76. The molecule has 2 rings (SSSR count). The summed E-state index contributed by atoms with van der Waals surface area (Å²) in [5.74, 6) is -1.12. The normalized spacial score (nSPS) is 19.6. The molecule has 1 aromatic carbocycles. The lowest BCUT2D eigenvalue weighted by molar-refractivity contribution is 0.0967. The average molecular weight is 282 g/mol. The molecular weight excluding hydrogens is 258 g/mol. The van der Waals surface area contributed by atoms with Gasteiger partial charge in [0, 0.05) is 17.2 Å². The first-order valence-electron chi connectivity index (χ1n) is 7.38. The number of likely N-dealkylation sites (tertiary alicyclic amines) is 1. The Morgan fingerprint density at radius 3 is 2.25 bits per heavy atom. The fraction of sp³-hybridized carbons (Fsp3) is 0.625. The molecule has 20 heavy (non-hydrogen) atoms. The van der Waals surface area contributed by atoms with Crippen LogP contribution in [-0.2, 0) is 0 Å². The van der Waals surface area contributed by atoms with Crippen molar-refractivity contribution in [3.63, 3.8) is 0 Å². The summed E-state index contributed by atoms with van der Waals surface area (Å²) < 4.78 is 27.0. The highest BCUT2D eigenvalue weighted by Gasteiger charge is 2.35. The van der Waals surface area contributed by atoms with Crippen LogP contribution in [0.1, 0.15) is 51.1 Å². The molecule has 1 aromatic rings. The summed E-state index contributed by atoms with van der Waals surface area (Å²) >= 11 is 0. The molecule has 1 atom stereocenters. The molecule has 0 amide bonds. The first-order valence-corrected chi connectivity index (χ1v) is 7.38. The van der Waals surface area contributed by atoms with Crippen LogP contribution < -0.4 is 5.73 Å². The Hall–Kier alpha value is -1.00. The molecule has 1 heterocycles. The van der Waals surface area contributed by atoms with Crippen LogP contribution >= 0.6 is 0 Å². The summed E-state index contributed by atoms with van der Waals surface area (Å²) in [6, 6.07) is 3.18. The van der Waals surface area contributed by atoms with E-state index >= 15 is 0 Å². The number of benzene rings is 1. The van der Waals surface area contributed by atoms with Gasteiger partial charge < -0.3 is 5.73 Å². The van der Waals surface area contributed by atoms with Gasteiger partial charge in [-0.05, 0) is 45.8 Å². The highest BCUT2D eigenvalue weighted by Crippen LogP contribution is 2.32. The summed E-state index contributed by atoms with van der Waals surface area (Å²) in [5.41, 5.74) is 6.35. The zero-order valence-corrected chi connectivity index (χ0v) is 12.3. The van der Waals surface area contributed by atoms with Crippen molar-refractivity contribution < 1.29 is 8.78 Å². The third kappa shape index (κ3) is 3.18. The van der Waals surface area contributed by atoms with Crippen molar-refractivity contribution in [3.8, 4) is 0 Å². The molecule has 0 radical (unpaired) electrons. The first-order chi connectivity index (χ1) is 9.43. The van der Waals surface area contributed by atoms with Crippen molar-refractivity contribution in [2.75, 3.05) is 13.1 Å².